The van der Waals surface area contributed by atoms with Crippen LogP contribution in [0.15, 0.2) is 6.20 Å². The molecule has 0 saturated heterocycles. The van der Waals surface area contributed by atoms with E-state index in [2.05, 4.69) is 15.1 Å². The van der Waals surface area contributed by atoms with Gasteiger partial charge in [0, 0.05) is 0 Å². The SMILES string of the molecule is Clc1nc(Cl)c2cnn(C3CCCCC3)c2n1. The smallest absolute Gasteiger partial charge is 0.225 e. The number of rotatable bonds is 1. The average Bonchev–Trinajstić information content (AvgIpc) is 2.74. The van der Waals surface area contributed by atoms with Crippen LogP contribution in [0, 0.1) is 0 Å². The average molecular weight is 271 g/mol. The predicted molar refractivity (Wildman–Crippen MR) is 67.5 cm³/mol. The lowest BCUT2D eigenvalue weighted by Gasteiger charge is -2.22. The maximum atomic E-state index is 6.03. The van der Waals surface area contributed by atoms with Gasteiger partial charge in [0.15, 0.2) is 5.65 Å². The number of fused-ring (bicyclic) bond motifs is 1. The van der Waals surface area contributed by atoms with Crippen molar-refractivity contribution < 1.29 is 0 Å². The number of hydrogen-bond donors (Lipinski definition) is 0. The van der Waals surface area contributed by atoms with Crippen molar-refractivity contribution >= 4 is 34.2 Å². The summed E-state index contributed by atoms with van der Waals surface area (Å²) in [5, 5.41) is 5.73. The van der Waals surface area contributed by atoms with Crippen molar-refractivity contribution in [3.8, 4) is 0 Å². The molecule has 0 atom stereocenters. The Balaban J connectivity index is 2.10. The second-order valence-corrected chi connectivity index (χ2v) is 5.10. The highest BCUT2D eigenvalue weighted by Gasteiger charge is 2.20. The molecule has 0 amide bonds. The number of nitrogens with zero attached hydrogens (tertiary/aromatic N) is 4. The van der Waals surface area contributed by atoms with Crippen LogP contribution >= 0.6 is 23.2 Å². The Morgan fingerprint density at radius 3 is 2.65 bits per heavy atom. The van der Waals surface area contributed by atoms with Gasteiger partial charge in [-0.05, 0) is 24.4 Å². The molecular weight excluding hydrogens is 259 g/mol. The summed E-state index contributed by atoms with van der Waals surface area (Å²) in [4.78, 5) is 8.17. The monoisotopic (exact) mass is 270 g/mol. The normalized spacial score (nSPS) is 17.8. The summed E-state index contributed by atoms with van der Waals surface area (Å²) in [6.45, 7) is 0. The van der Waals surface area contributed by atoms with Gasteiger partial charge in [-0.1, -0.05) is 30.9 Å². The molecule has 0 N–H and O–H groups in total. The van der Waals surface area contributed by atoms with Crippen molar-refractivity contribution in [1.29, 1.82) is 0 Å². The Kier molecular flexibility index (Phi) is 2.92. The second-order valence-electron chi connectivity index (χ2n) is 4.40. The van der Waals surface area contributed by atoms with Crippen LogP contribution in [-0.2, 0) is 0 Å². The lowest BCUT2D eigenvalue weighted by atomic mass is 9.96. The third-order valence-electron chi connectivity index (χ3n) is 3.30. The van der Waals surface area contributed by atoms with E-state index in [-0.39, 0.29) is 5.28 Å². The third-order valence-corrected chi connectivity index (χ3v) is 3.76. The Bertz CT molecular complexity index is 546. The quantitative estimate of drug-likeness (QED) is 0.587. The Labute approximate surface area is 109 Å². The first-order chi connectivity index (χ1) is 8.25. The summed E-state index contributed by atoms with van der Waals surface area (Å²) in [6, 6.07) is 0.420. The molecule has 0 bridgehead atoms. The van der Waals surface area contributed by atoms with Crippen LogP contribution in [0.4, 0.5) is 0 Å². The highest BCUT2D eigenvalue weighted by Crippen LogP contribution is 2.31. The minimum atomic E-state index is 0.181. The van der Waals surface area contributed by atoms with Crippen molar-refractivity contribution in [2.75, 3.05) is 0 Å². The Hall–Kier alpha value is -0.870. The Morgan fingerprint density at radius 2 is 1.88 bits per heavy atom. The first kappa shape index (κ1) is 11.2. The van der Waals surface area contributed by atoms with E-state index in [4.69, 9.17) is 23.2 Å². The van der Waals surface area contributed by atoms with Crippen LogP contribution in [0.25, 0.3) is 11.0 Å². The van der Waals surface area contributed by atoms with Crippen molar-refractivity contribution in [3.05, 3.63) is 16.6 Å². The molecule has 0 aromatic carbocycles. The molecule has 1 fully saturated rings. The highest BCUT2D eigenvalue weighted by atomic mass is 35.5. The molecule has 1 aliphatic rings. The lowest BCUT2D eigenvalue weighted by molar-refractivity contribution is 0.336. The molecule has 0 unspecified atom stereocenters. The van der Waals surface area contributed by atoms with Crippen molar-refractivity contribution in [2.45, 2.75) is 38.1 Å². The molecule has 2 aromatic rings. The predicted octanol–water partition coefficient (Wildman–Crippen LogP) is 3.64. The summed E-state index contributed by atoms with van der Waals surface area (Å²) in [5.41, 5.74) is 0.752. The molecule has 90 valence electrons. The second kappa shape index (κ2) is 4.42. The van der Waals surface area contributed by atoms with E-state index < -0.39 is 0 Å². The molecule has 1 saturated carbocycles. The molecule has 3 rings (SSSR count). The van der Waals surface area contributed by atoms with Gasteiger partial charge < -0.3 is 0 Å². The van der Waals surface area contributed by atoms with Gasteiger partial charge in [-0.2, -0.15) is 10.1 Å². The first-order valence-corrected chi connectivity index (χ1v) is 6.57. The maximum absolute atomic E-state index is 6.03. The summed E-state index contributed by atoms with van der Waals surface area (Å²) >= 11 is 11.9. The largest absolute Gasteiger partial charge is 0.244 e. The van der Waals surface area contributed by atoms with Crippen molar-refractivity contribution in [2.24, 2.45) is 0 Å². The zero-order valence-electron chi connectivity index (χ0n) is 9.24. The van der Waals surface area contributed by atoms with Crippen LogP contribution in [0.2, 0.25) is 10.4 Å². The topological polar surface area (TPSA) is 43.6 Å². The zero-order chi connectivity index (χ0) is 11.8. The van der Waals surface area contributed by atoms with E-state index in [1.807, 2.05) is 4.68 Å². The Morgan fingerprint density at radius 1 is 1.12 bits per heavy atom. The van der Waals surface area contributed by atoms with Gasteiger partial charge in [0.25, 0.3) is 0 Å². The summed E-state index contributed by atoms with van der Waals surface area (Å²) in [5.74, 6) is 0. The zero-order valence-corrected chi connectivity index (χ0v) is 10.7. The summed E-state index contributed by atoms with van der Waals surface area (Å²) < 4.78 is 1.95. The van der Waals surface area contributed by atoms with E-state index in [1.54, 1.807) is 6.20 Å². The van der Waals surface area contributed by atoms with Gasteiger partial charge in [0.05, 0.1) is 17.6 Å². The molecule has 0 aliphatic heterocycles. The van der Waals surface area contributed by atoms with E-state index in [0.29, 0.717) is 11.2 Å². The number of aromatic nitrogens is 4. The van der Waals surface area contributed by atoms with Crippen molar-refractivity contribution in [3.63, 3.8) is 0 Å². The fraction of sp³-hybridized carbons (Fsp3) is 0.545. The van der Waals surface area contributed by atoms with Gasteiger partial charge in [-0.15, -0.1) is 0 Å². The van der Waals surface area contributed by atoms with E-state index in [1.165, 1.54) is 19.3 Å². The number of halogens is 2. The van der Waals surface area contributed by atoms with Crippen LogP contribution in [-0.4, -0.2) is 19.7 Å². The maximum Gasteiger partial charge on any atom is 0.225 e. The van der Waals surface area contributed by atoms with Crippen molar-refractivity contribution in [1.82, 2.24) is 19.7 Å². The minimum absolute atomic E-state index is 0.181. The molecule has 4 nitrogen and oxygen atoms in total. The molecule has 2 heterocycles. The standard InChI is InChI=1S/C11H12Cl2N4/c12-9-8-6-14-17(7-4-2-1-3-5-7)10(8)16-11(13)15-9/h6-7H,1-5H2. The molecule has 0 radical (unpaired) electrons. The third kappa shape index (κ3) is 2.00. The summed E-state index contributed by atoms with van der Waals surface area (Å²) in [7, 11) is 0. The first-order valence-electron chi connectivity index (χ1n) is 5.82. The fourth-order valence-corrected chi connectivity index (χ4v) is 2.88. The lowest BCUT2D eigenvalue weighted by Crippen LogP contribution is -2.14. The van der Waals surface area contributed by atoms with Crippen LogP contribution < -0.4 is 0 Å². The van der Waals surface area contributed by atoms with E-state index in [0.717, 1.165) is 23.9 Å². The van der Waals surface area contributed by atoms with Crippen LogP contribution in [0.1, 0.15) is 38.1 Å². The van der Waals surface area contributed by atoms with Gasteiger partial charge in [0.2, 0.25) is 5.28 Å². The van der Waals surface area contributed by atoms with E-state index >= 15 is 0 Å². The van der Waals surface area contributed by atoms with Gasteiger partial charge in [0.1, 0.15) is 5.15 Å². The van der Waals surface area contributed by atoms with Gasteiger partial charge in [-0.25, -0.2) is 9.67 Å². The van der Waals surface area contributed by atoms with Gasteiger partial charge in [-0.3, -0.25) is 0 Å². The molecule has 2 aromatic heterocycles. The van der Waals surface area contributed by atoms with Crippen LogP contribution in [0.5, 0.6) is 0 Å². The number of hydrogen-bond acceptors (Lipinski definition) is 3. The molecule has 6 heteroatoms. The molecule has 1 aliphatic carbocycles. The van der Waals surface area contributed by atoms with Crippen LogP contribution in [0.3, 0.4) is 0 Å². The molecule has 0 spiro atoms. The minimum Gasteiger partial charge on any atom is -0.244 e. The fourth-order valence-electron chi connectivity index (χ4n) is 2.46. The van der Waals surface area contributed by atoms with E-state index in [9.17, 15) is 0 Å². The van der Waals surface area contributed by atoms with Gasteiger partial charge >= 0.3 is 0 Å². The molecular formula is C11H12Cl2N4. The summed E-state index contributed by atoms with van der Waals surface area (Å²) in [6.07, 6.45) is 7.83. The highest BCUT2D eigenvalue weighted by molar-refractivity contribution is 6.35. The molecule has 17 heavy (non-hydrogen) atoms.